The van der Waals surface area contributed by atoms with Crippen molar-refractivity contribution in [2.75, 3.05) is 13.2 Å². The number of aliphatic hydroxyl groups excluding tert-OH is 1. The number of hydrogen-bond acceptors (Lipinski definition) is 5. The fraction of sp³-hybridized carbons (Fsp3) is 0.741. The van der Waals surface area contributed by atoms with E-state index < -0.39 is 5.54 Å². The molecule has 0 aliphatic rings. The summed E-state index contributed by atoms with van der Waals surface area (Å²) in [6, 6.07) is -0.198. The van der Waals surface area contributed by atoms with Gasteiger partial charge >= 0.3 is 0 Å². The maximum Gasteiger partial charge on any atom is 0.258 e. The lowest BCUT2D eigenvalue weighted by Gasteiger charge is -2.26. The van der Waals surface area contributed by atoms with Gasteiger partial charge in [0.05, 0.1) is 18.3 Å². The first-order valence-corrected chi connectivity index (χ1v) is 13.1. The van der Waals surface area contributed by atoms with Gasteiger partial charge in [0, 0.05) is 31.2 Å². The van der Waals surface area contributed by atoms with Crippen molar-refractivity contribution >= 4 is 18.0 Å². The molecule has 3 atom stereocenters. The van der Waals surface area contributed by atoms with Crippen LogP contribution in [0.25, 0.3) is 6.20 Å². The summed E-state index contributed by atoms with van der Waals surface area (Å²) in [5.74, 6) is 0.780. The molecule has 0 radical (unpaired) electrons. The van der Waals surface area contributed by atoms with Gasteiger partial charge in [-0.05, 0) is 51.5 Å². The molecule has 0 fully saturated rings. The van der Waals surface area contributed by atoms with E-state index in [4.69, 9.17) is 4.74 Å². The molecule has 8 nitrogen and oxygen atoms in total. The maximum atomic E-state index is 13.2. The van der Waals surface area contributed by atoms with E-state index in [-0.39, 0.29) is 36.3 Å². The molecule has 2 amide bonds. The van der Waals surface area contributed by atoms with Crippen molar-refractivity contribution in [3.05, 3.63) is 17.8 Å². The molecule has 0 aromatic carbocycles. The molecule has 1 aromatic rings. The number of carbonyl (C=O) groups excluding carboxylic acids is 2. The fourth-order valence-electron chi connectivity index (χ4n) is 3.92. The van der Waals surface area contributed by atoms with E-state index in [1.807, 2.05) is 47.6 Å². The third-order valence-electron chi connectivity index (χ3n) is 5.91. The number of hydrogen-bond donors (Lipinski definition) is 3. The van der Waals surface area contributed by atoms with Gasteiger partial charge in [-0.1, -0.05) is 47.5 Å². The summed E-state index contributed by atoms with van der Waals surface area (Å²) in [5.41, 5.74) is -0.248. The molecule has 2 unspecified atom stereocenters. The zero-order chi connectivity index (χ0) is 26.6. The van der Waals surface area contributed by atoms with Crippen LogP contribution in [-0.2, 0) is 4.79 Å². The maximum absolute atomic E-state index is 13.2. The van der Waals surface area contributed by atoms with Crippen LogP contribution in [0.4, 0.5) is 0 Å². The van der Waals surface area contributed by atoms with Gasteiger partial charge in [0.15, 0.2) is 0 Å². The minimum atomic E-state index is -0.589. The van der Waals surface area contributed by atoms with E-state index in [1.54, 1.807) is 6.20 Å². The van der Waals surface area contributed by atoms with Crippen molar-refractivity contribution in [2.24, 2.45) is 17.8 Å². The molecule has 1 aromatic heterocycles. The van der Waals surface area contributed by atoms with Crippen LogP contribution in [0.2, 0.25) is 0 Å². The van der Waals surface area contributed by atoms with E-state index in [0.29, 0.717) is 30.4 Å². The van der Waals surface area contributed by atoms with E-state index in [0.717, 1.165) is 25.7 Å². The highest BCUT2D eigenvalue weighted by atomic mass is 16.5. The van der Waals surface area contributed by atoms with Crippen LogP contribution in [0.3, 0.4) is 0 Å². The van der Waals surface area contributed by atoms with Gasteiger partial charge in [-0.2, -0.15) is 5.10 Å². The summed E-state index contributed by atoms with van der Waals surface area (Å²) in [6.45, 7) is 16.6. The average Bonchev–Trinajstić information content (AvgIpc) is 3.17. The number of ether oxygens (including phenoxy) is 1. The van der Waals surface area contributed by atoms with Crippen LogP contribution in [-0.4, -0.2) is 51.5 Å². The van der Waals surface area contributed by atoms with Gasteiger partial charge in [-0.3, -0.25) is 9.59 Å². The Balaban J connectivity index is 3.07. The van der Waals surface area contributed by atoms with E-state index in [9.17, 15) is 14.7 Å². The molecule has 0 aliphatic heterocycles. The monoisotopic (exact) mass is 492 g/mol. The highest BCUT2D eigenvalue weighted by Crippen LogP contribution is 2.23. The Bertz CT molecular complexity index is 816. The molecule has 8 heteroatoms. The van der Waals surface area contributed by atoms with E-state index in [1.165, 1.54) is 10.9 Å². The lowest BCUT2D eigenvalue weighted by molar-refractivity contribution is -0.122. The number of nitrogens with zero attached hydrogens (tertiary/aromatic N) is 2. The average molecular weight is 493 g/mol. The molecular formula is C27H48N4O4. The molecule has 0 aliphatic carbocycles. The van der Waals surface area contributed by atoms with Crippen molar-refractivity contribution in [1.29, 1.82) is 0 Å². The van der Waals surface area contributed by atoms with Gasteiger partial charge in [0.25, 0.3) is 5.91 Å². The number of aliphatic hydroxyl groups is 1. The molecule has 35 heavy (non-hydrogen) atoms. The van der Waals surface area contributed by atoms with Crippen molar-refractivity contribution in [3.63, 3.8) is 0 Å². The van der Waals surface area contributed by atoms with Crippen LogP contribution in [0.15, 0.2) is 12.3 Å². The minimum absolute atomic E-state index is 0.0142. The predicted molar refractivity (Wildman–Crippen MR) is 141 cm³/mol. The van der Waals surface area contributed by atoms with Gasteiger partial charge in [0.1, 0.15) is 5.56 Å². The molecule has 3 N–H and O–H groups in total. The largest absolute Gasteiger partial charge is 0.477 e. The van der Waals surface area contributed by atoms with Crippen molar-refractivity contribution in [2.45, 2.75) is 99.1 Å². The number of carbonyl (C=O) groups is 2. The van der Waals surface area contributed by atoms with E-state index in [2.05, 4.69) is 29.6 Å². The van der Waals surface area contributed by atoms with Crippen LogP contribution in [0.5, 0.6) is 5.88 Å². The fourth-order valence-corrected chi connectivity index (χ4v) is 3.92. The van der Waals surface area contributed by atoms with Crippen molar-refractivity contribution in [1.82, 2.24) is 20.4 Å². The van der Waals surface area contributed by atoms with Gasteiger partial charge in [0.2, 0.25) is 11.8 Å². The second-order valence-electron chi connectivity index (χ2n) is 10.7. The lowest BCUT2D eigenvalue weighted by atomic mass is 9.88. The Morgan fingerprint density at radius 3 is 2.46 bits per heavy atom. The zero-order valence-corrected chi connectivity index (χ0v) is 23.1. The molecule has 0 saturated heterocycles. The third-order valence-corrected chi connectivity index (χ3v) is 5.91. The molecule has 0 spiro atoms. The summed E-state index contributed by atoms with van der Waals surface area (Å²) >= 11 is 0. The first kappa shape index (κ1) is 30.7. The molecule has 0 saturated carbocycles. The predicted octanol–water partition coefficient (Wildman–Crippen LogP) is 4.64. The highest BCUT2D eigenvalue weighted by Gasteiger charge is 2.25. The van der Waals surface area contributed by atoms with Crippen LogP contribution in [0.1, 0.15) is 97.9 Å². The number of amides is 2. The summed E-state index contributed by atoms with van der Waals surface area (Å²) in [6.07, 6.45) is 9.34. The first-order valence-electron chi connectivity index (χ1n) is 13.1. The second kappa shape index (κ2) is 14.9. The van der Waals surface area contributed by atoms with Crippen molar-refractivity contribution < 1.29 is 19.4 Å². The summed E-state index contributed by atoms with van der Waals surface area (Å²) in [5, 5.41) is 20.3. The smallest absolute Gasteiger partial charge is 0.258 e. The molecular weight excluding hydrogens is 444 g/mol. The number of rotatable bonds is 16. The summed E-state index contributed by atoms with van der Waals surface area (Å²) < 4.78 is 7.52. The Morgan fingerprint density at radius 1 is 1.20 bits per heavy atom. The minimum Gasteiger partial charge on any atom is -0.477 e. The zero-order valence-electron chi connectivity index (χ0n) is 23.1. The molecule has 0 bridgehead atoms. The van der Waals surface area contributed by atoms with Crippen molar-refractivity contribution in [3.8, 4) is 5.88 Å². The van der Waals surface area contributed by atoms with Gasteiger partial charge < -0.3 is 20.5 Å². The van der Waals surface area contributed by atoms with Gasteiger partial charge in [-0.25, -0.2) is 4.68 Å². The summed E-state index contributed by atoms with van der Waals surface area (Å²) in [4.78, 5) is 25.2. The number of nitrogens with one attached hydrogen (secondary N) is 2. The quantitative estimate of drug-likeness (QED) is 0.312. The van der Waals surface area contributed by atoms with Crippen LogP contribution >= 0.6 is 0 Å². The second-order valence-corrected chi connectivity index (χ2v) is 10.7. The lowest BCUT2D eigenvalue weighted by Crippen LogP contribution is -2.41. The van der Waals surface area contributed by atoms with Crippen LogP contribution < -0.4 is 15.4 Å². The Hall–Kier alpha value is -2.35. The third kappa shape index (κ3) is 10.8. The molecule has 1 heterocycles. The van der Waals surface area contributed by atoms with E-state index >= 15 is 0 Å². The summed E-state index contributed by atoms with van der Waals surface area (Å²) in [7, 11) is 0. The number of aromatic nitrogens is 2. The molecule has 200 valence electrons. The topological polar surface area (TPSA) is 105 Å². The standard InChI is InChI=1S/C27H48N4O4/c1-9-11-20(5)15-22(17-32)21(6)29-25(34)23-16-28-31(26(23)35-18-19(3)4)14-13-27(7,8)30-24(33)12-10-2/h13-14,16,19-22,32H,9-12,15,17-18H2,1-8H3,(H,29,34)(H,30,33)/b14-13+/t20?,21-,22?/m0/s1. The Morgan fingerprint density at radius 2 is 1.89 bits per heavy atom. The van der Waals surface area contributed by atoms with Gasteiger partial charge in [-0.15, -0.1) is 0 Å². The Kier molecular flexibility index (Phi) is 13.1. The normalized spacial score (nSPS) is 14.7. The first-order chi connectivity index (χ1) is 16.4. The van der Waals surface area contributed by atoms with Crippen LogP contribution in [0, 0.1) is 17.8 Å². The Labute approximate surface area is 211 Å². The SMILES string of the molecule is CCCC(=O)NC(C)(C)/C=C/n1ncc(C(=O)N[C@@H](C)C(CO)CC(C)CCC)c1OCC(C)C. The highest BCUT2D eigenvalue weighted by molar-refractivity contribution is 5.96. The molecule has 1 rings (SSSR count).